The highest BCUT2D eigenvalue weighted by atomic mass is 79.9. The molecule has 122 valence electrons. The van der Waals surface area contributed by atoms with E-state index in [1.807, 2.05) is 0 Å². The van der Waals surface area contributed by atoms with E-state index >= 15 is 0 Å². The van der Waals surface area contributed by atoms with Gasteiger partial charge >= 0.3 is 0 Å². The molecule has 0 radical (unpaired) electrons. The number of hydrogen-bond donors (Lipinski definition) is 1. The average molecular weight is 405 g/mol. The molecule has 2 heterocycles. The minimum atomic E-state index is -0.230. The molecule has 1 aliphatic rings. The van der Waals surface area contributed by atoms with Gasteiger partial charge in [-0.05, 0) is 59.5 Å². The van der Waals surface area contributed by atoms with E-state index in [0.29, 0.717) is 5.95 Å². The first kappa shape index (κ1) is 15.7. The fourth-order valence-electron chi connectivity index (χ4n) is 2.82. The van der Waals surface area contributed by atoms with E-state index in [1.54, 1.807) is 35.9 Å². The monoisotopic (exact) mass is 404 g/mol. The fraction of sp³-hybridized carbons (Fsp3) is 0.235. The van der Waals surface area contributed by atoms with Crippen LogP contribution >= 0.6 is 27.3 Å². The summed E-state index contributed by atoms with van der Waals surface area (Å²) < 4.78 is 14.0. The van der Waals surface area contributed by atoms with Crippen molar-refractivity contribution in [3.63, 3.8) is 0 Å². The predicted octanol–water partition coefficient (Wildman–Crippen LogP) is 4.99. The molecule has 0 bridgehead atoms. The Morgan fingerprint density at radius 1 is 1.17 bits per heavy atom. The summed E-state index contributed by atoms with van der Waals surface area (Å²) in [6.07, 6.45) is 6.59. The quantitative estimate of drug-likeness (QED) is 0.667. The van der Waals surface area contributed by atoms with Gasteiger partial charge in [0.2, 0.25) is 5.95 Å². The van der Waals surface area contributed by atoms with Crippen LogP contribution in [0.1, 0.15) is 29.5 Å². The first-order valence-corrected chi connectivity index (χ1v) is 9.29. The highest BCUT2D eigenvalue weighted by Gasteiger charge is 2.25. The number of benzene rings is 1. The summed E-state index contributed by atoms with van der Waals surface area (Å²) in [6, 6.07) is 6.61. The number of rotatable bonds is 3. The second-order valence-electron chi connectivity index (χ2n) is 5.65. The molecule has 0 fully saturated rings. The van der Waals surface area contributed by atoms with Crippen molar-refractivity contribution < 1.29 is 4.39 Å². The van der Waals surface area contributed by atoms with Gasteiger partial charge in [0.15, 0.2) is 0 Å². The zero-order chi connectivity index (χ0) is 16.5. The molecular formula is C17H14BrFN4S. The van der Waals surface area contributed by atoms with E-state index in [4.69, 9.17) is 4.98 Å². The molecule has 4 nitrogen and oxygen atoms in total. The Balaban J connectivity index is 1.62. The van der Waals surface area contributed by atoms with Crippen molar-refractivity contribution in [3.8, 4) is 10.6 Å². The van der Waals surface area contributed by atoms with Crippen LogP contribution in [-0.4, -0.2) is 15.0 Å². The lowest BCUT2D eigenvalue weighted by molar-refractivity contribution is 0.590. The number of aromatic nitrogens is 3. The predicted molar refractivity (Wildman–Crippen MR) is 96.5 cm³/mol. The average Bonchev–Trinajstić information content (AvgIpc) is 3.03. The lowest BCUT2D eigenvalue weighted by Gasteiger charge is -2.22. The second kappa shape index (κ2) is 6.57. The summed E-state index contributed by atoms with van der Waals surface area (Å²) in [5.74, 6) is 0.374. The van der Waals surface area contributed by atoms with E-state index in [0.717, 1.165) is 40.0 Å². The standard InChI is InChI=1S/C17H14BrFN4S/c18-11-8-20-17(21-9-11)22-13-2-1-3-14-15(13)23-16(24-14)10-4-6-12(19)7-5-10/h4-9,13H,1-3H2,(H,20,21,22). The largest absolute Gasteiger partial charge is 0.346 e. The SMILES string of the molecule is Fc1ccc(-c2nc3c(s2)CCCC3Nc2ncc(Br)cn2)cc1. The number of aryl methyl sites for hydroxylation is 1. The van der Waals surface area contributed by atoms with Gasteiger partial charge in [0.25, 0.3) is 0 Å². The molecule has 4 rings (SSSR count). The summed E-state index contributed by atoms with van der Waals surface area (Å²) in [7, 11) is 0. The summed E-state index contributed by atoms with van der Waals surface area (Å²) in [4.78, 5) is 14.7. The Kier molecular flexibility index (Phi) is 4.28. The van der Waals surface area contributed by atoms with Crippen LogP contribution in [0, 0.1) is 5.82 Å². The first-order valence-electron chi connectivity index (χ1n) is 7.68. The van der Waals surface area contributed by atoms with Crippen LogP contribution in [0.4, 0.5) is 10.3 Å². The van der Waals surface area contributed by atoms with E-state index in [-0.39, 0.29) is 11.9 Å². The van der Waals surface area contributed by atoms with Crippen LogP contribution in [0.25, 0.3) is 10.6 Å². The molecular weight excluding hydrogens is 391 g/mol. The molecule has 1 aromatic carbocycles. The van der Waals surface area contributed by atoms with Crippen LogP contribution in [0.2, 0.25) is 0 Å². The van der Waals surface area contributed by atoms with Gasteiger partial charge in [-0.2, -0.15) is 0 Å². The molecule has 0 saturated carbocycles. The van der Waals surface area contributed by atoms with Crippen LogP contribution < -0.4 is 5.32 Å². The van der Waals surface area contributed by atoms with Gasteiger partial charge in [0.1, 0.15) is 10.8 Å². The zero-order valence-electron chi connectivity index (χ0n) is 12.7. The molecule has 1 aliphatic carbocycles. The zero-order valence-corrected chi connectivity index (χ0v) is 15.1. The fourth-order valence-corrected chi connectivity index (χ4v) is 4.19. The Morgan fingerprint density at radius 2 is 1.92 bits per heavy atom. The number of hydrogen-bond acceptors (Lipinski definition) is 5. The number of fused-ring (bicyclic) bond motifs is 1. The van der Waals surface area contributed by atoms with Crippen LogP contribution in [0.5, 0.6) is 0 Å². The third kappa shape index (κ3) is 3.18. The molecule has 1 N–H and O–H groups in total. The van der Waals surface area contributed by atoms with Gasteiger partial charge in [0.05, 0.1) is 16.2 Å². The third-order valence-electron chi connectivity index (χ3n) is 3.97. The lowest BCUT2D eigenvalue weighted by Crippen LogP contribution is -2.18. The van der Waals surface area contributed by atoms with Crippen molar-refractivity contribution in [1.29, 1.82) is 0 Å². The van der Waals surface area contributed by atoms with Crippen molar-refractivity contribution >= 4 is 33.2 Å². The molecule has 3 aromatic rings. The number of thiazole rings is 1. The maximum Gasteiger partial charge on any atom is 0.223 e. The van der Waals surface area contributed by atoms with Crippen LogP contribution in [0.3, 0.4) is 0 Å². The smallest absolute Gasteiger partial charge is 0.223 e. The number of anilines is 1. The van der Waals surface area contributed by atoms with E-state index in [9.17, 15) is 4.39 Å². The van der Waals surface area contributed by atoms with E-state index in [1.165, 1.54) is 17.0 Å². The third-order valence-corrected chi connectivity index (χ3v) is 5.56. The Morgan fingerprint density at radius 3 is 2.67 bits per heavy atom. The second-order valence-corrected chi connectivity index (χ2v) is 7.65. The normalized spacial score (nSPS) is 16.7. The Bertz CT molecular complexity index is 848. The molecule has 1 atom stereocenters. The topological polar surface area (TPSA) is 50.7 Å². The van der Waals surface area contributed by atoms with Crippen LogP contribution in [-0.2, 0) is 6.42 Å². The molecule has 0 saturated heterocycles. The molecule has 7 heteroatoms. The number of halogens is 2. The van der Waals surface area contributed by atoms with Crippen molar-refractivity contribution in [2.45, 2.75) is 25.3 Å². The maximum atomic E-state index is 13.1. The maximum absolute atomic E-state index is 13.1. The number of nitrogens with one attached hydrogen (secondary N) is 1. The highest BCUT2D eigenvalue weighted by molar-refractivity contribution is 9.10. The molecule has 2 aromatic heterocycles. The Hall–Kier alpha value is -1.86. The molecule has 0 aliphatic heterocycles. The Labute approximate surface area is 151 Å². The van der Waals surface area contributed by atoms with Gasteiger partial charge < -0.3 is 5.32 Å². The van der Waals surface area contributed by atoms with Gasteiger partial charge in [-0.15, -0.1) is 11.3 Å². The summed E-state index contributed by atoms with van der Waals surface area (Å²) in [5.41, 5.74) is 2.02. The molecule has 0 amide bonds. The summed E-state index contributed by atoms with van der Waals surface area (Å²) in [6.45, 7) is 0. The minimum absolute atomic E-state index is 0.111. The van der Waals surface area contributed by atoms with E-state index in [2.05, 4.69) is 31.2 Å². The summed E-state index contributed by atoms with van der Waals surface area (Å²) >= 11 is 5.03. The van der Waals surface area contributed by atoms with Crippen molar-refractivity contribution in [2.24, 2.45) is 0 Å². The highest BCUT2D eigenvalue weighted by Crippen LogP contribution is 2.38. The van der Waals surface area contributed by atoms with Crippen LogP contribution in [0.15, 0.2) is 41.1 Å². The van der Waals surface area contributed by atoms with Crippen molar-refractivity contribution in [2.75, 3.05) is 5.32 Å². The van der Waals surface area contributed by atoms with Crippen molar-refractivity contribution in [3.05, 3.63) is 57.5 Å². The van der Waals surface area contributed by atoms with Gasteiger partial charge in [-0.1, -0.05) is 0 Å². The van der Waals surface area contributed by atoms with Crippen molar-refractivity contribution in [1.82, 2.24) is 15.0 Å². The molecule has 24 heavy (non-hydrogen) atoms. The van der Waals surface area contributed by atoms with E-state index < -0.39 is 0 Å². The lowest BCUT2D eigenvalue weighted by atomic mass is 9.98. The molecule has 1 unspecified atom stereocenters. The minimum Gasteiger partial charge on any atom is -0.346 e. The summed E-state index contributed by atoms with van der Waals surface area (Å²) in [5, 5.41) is 4.31. The molecule has 0 spiro atoms. The van der Waals surface area contributed by atoms with Gasteiger partial charge in [-0.25, -0.2) is 19.3 Å². The number of nitrogens with zero attached hydrogens (tertiary/aromatic N) is 3. The van der Waals surface area contributed by atoms with Gasteiger partial charge in [-0.3, -0.25) is 0 Å². The first-order chi connectivity index (χ1) is 11.7. The van der Waals surface area contributed by atoms with Gasteiger partial charge in [0, 0.05) is 22.8 Å².